The Morgan fingerprint density at radius 1 is 1.75 bits per heavy atom. The average molecular weight is 227 g/mol. The number of carbonyl (C=O) groups is 1. The molecule has 1 rings (SSSR count). The summed E-state index contributed by atoms with van der Waals surface area (Å²) in [6.07, 6.45) is 2.82. The van der Waals surface area contributed by atoms with Crippen LogP contribution in [0.4, 0.5) is 5.69 Å². The zero-order chi connectivity index (χ0) is 8.97. The van der Waals surface area contributed by atoms with Crippen molar-refractivity contribution in [3.63, 3.8) is 0 Å². The van der Waals surface area contributed by atoms with Crippen LogP contribution in [0.1, 0.15) is 0 Å². The fourth-order valence-corrected chi connectivity index (χ4v) is 1.04. The lowest BCUT2D eigenvalue weighted by Gasteiger charge is -2.00. The number of halogens is 1. The van der Waals surface area contributed by atoms with Gasteiger partial charge in [0.25, 0.3) is 0 Å². The Bertz CT molecular complexity index is 312. The van der Waals surface area contributed by atoms with E-state index in [9.17, 15) is 4.79 Å². The van der Waals surface area contributed by atoms with Gasteiger partial charge in [-0.25, -0.2) is 4.98 Å². The van der Waals surface area contributed by atoms with Crippen molar-refractivity contribution in [3.05, 3.63) is 35.6 Å². The molecule has 1 aromatic heterocycles. The van der Waals surface area contributed by atoms with Crippen molar-refractivity contribution in [1.29, 1.82) is 0 Å². The molecule has 62 valence electrons. The predicted molar refractivity (Wildman–Crippen MR) is 50.8 cm³/mol. The number of aromatic nitrogens is 1. The Hall–Kier alpha value is -1.16. The minimum absolute atomic E-state index is 0.229. The third kappa shape index (κ3) is 2.47. The van der Waals surface area contributed by atoms with Crippen molar-refractivity contribution < 1.29 is 4.79 Å². The van der Waals surface area contributed by atoms with Gasteiger partial charge >= 0.3 is 0 Å². The highest BCUT2D eigenvalue weighted by atomic mass is 79.9. The molecule has 0 atom stereocenters. The molecule has 1 amide bonds. The van der Waals surface area contributed by atoms with Gasteiger partial charge in [-0.1, -0.05) is 6.58 Å². The Morgan fingerprint density at radius 3 is 3.08 bits per heavy atom. The molecule has 3 nitrogen and oxygen atoms in total. The summed E-state index contributed by atoms with van der Waals surface area (Å²) in [6.45, 7) is 3.34. The van der Waals surface area contributed by atoms with Gasteiger partial charge in [0, 0.05) is 11.9 Å². The number of nitrogens with zero attached hydrogens (tertiary/aromatic N) is 1. The molecule has 12 heavy (non-hydrogen) atoms. The summed E-state index contributed by atoms with van der Waals surface area (Å²) >= 11 is 3.19. The Labute approximate surface area is 78.6 Å². The summed E-state index contributed by atoms with van der Waals surface area (Å²) in [4.78, 5) is 14.7. The zero-order valence-corrected chi connectivity index (χ0v) is 7.84. The monoisotopic (exact) mass is 226 g/mol. The summed E-state index contributed by atoms with van der Waals surface area (Å²) in [5, 5.41) is 2.61. The second kappa shape index (κ2) is 4.01. The molecule has 1 N–H and O–H groups in total. The van der Waals surface area contributed by atoms with Gasteiger partial charge < -0.3 is 5.32 Å². The van der Waals surface area contributed by atoms with Crippen LogP contribution in [0.25, 0.3) is 0 Å². The van der Waals surface area contributed by atoms with Gasteiger partial charge in [-0.2, -0.15) is 0 Å². The minimum Gasteiger partial charge on any atom is -0.322 e. The molecule has 0 radical (unpaired) electrons. The van der Waals surface area contributed by atoms with E-state index >= 15 is 0 Å². The maximum Gasteiger partial charge on any atom is 0.247 e. The van der Waals surface area contributed by atoms with E-state index in [-0.39, 0.29) is 5.91 Å². The Morgan fingerprint density at radius 2 is 2.50 bits per heavy atom. The van der Waals surface area contributed by atoms with Gasteiger partial charge in [0.05, 0.1) is 0 Å². The third-order valence-corrected chi connectivity index (χ3v) is 1.61. The SMILES string of the molecule is C=CC(=O)Nc1ccnc(Br)c1. The van der Waals surface area contributed by atoms with Crippen molar-refractivity contribution in [2.24, 2.45) is 0 Å². The highest BCUT2D eigenvalue weighted by Crippen LogP contribution is 2.12. The van der Waals surface area contributed by atoms with E-state index in [2.05, 4.69) is 32.8 Å². The molecule has 4 heteroatoms. The summed E-state index contributed by atoms with van der Waals surface area (Å²) in [7, 11) is 0. The lowest BCUT2D eigenvalue weighted by Crippen LogP contribution is -2.06. The van der Waals surface area contributed by atoms with Crippen molar-refractivity contribution in [1.82, 2.24) is 4.98 Å². The van der Waals surface area contributed by atoms with Crippen molar-refractivity contribution in [2.45, 2.75) is 0 Å². The van der Waals surface area contributed by atoms with Crippen LogP contribution in [0, 0.1) is 0 Å². The van der Waals surface area contributed by atoms with E-state index in [1.807, 2.05) is 0 Å². The number of hydrogen-bond donors (Lipinski definition) is 1. The number of anilines is 1. The first kappa shape index (κ1) is 8.93. The fourth-order valence-electron chi connectivity index (χ4n) is 0.674. The molecule has 1 aromatic rings. The standard InChI is InChI=1S/C8H7BrN2O/c1-2-8(12)11-6-3-4-10-7(9)5-6/h2-5H,1H2,(H,10,11,12). The van der Waals surface area contributed by atoms with E-state index in [0.717, 1.165) is 0 Å². The van der Waals surface area contributed by atoms with Crippen molar-refractivity contribution >= 4 is 27.5 Å². The number of hydrogen-bond acceptors (Lipinski definition) is 2. The second-order valence-corrected chi connectivity index (χ2v) is 2.87. The predicted octanol–water partition coefficient (Wildman–Crippen LogP) is 1.97. The molecule has 0 saturated heterocycles. The quantitative estimate of drug-likeness (QED) is 0.619. The first-order valence-corrected chi connectivity index (χ1v) is 4.06. The minimum atomic E-state index is -0.229. The molecule has 0 saturated carbocycles. The van der Waals surface area contributed by atoms with Crippen molar-refractivity contribution in [3.8, 4) is 0 Å². The molecule has 0 aromatic carbocycles. The van der Waals surface area contributed by atoms with Gasteiger partial charge in [0.1, 0.15) is 4.60 Å². The number of pyridine rings is 1. The molecule has 0 fully saturated rings. The molecule has 0 spiro atoms. The van der Waals surface area contributed by atoms with E-state index < -0.39 is 0 Å². The van der Waals surface area contributed by atoms with E-state index in [1.165, 1.54) is 6.08 Å². The molecule has 0 aliphatic carbocycles. The maximum atomic E-state index is 10.8. The van der Waals surface area contributed by atoms with Gasteiger partial charge in [0.15, 0.2) is 0 Å². The van der Waals surface area contributed by atoms with E-state index in [4.69, 9.17) is 0 Å². The largest absolute Gasteiger partial charge is 0.322 e. The molecule has 0 aliphatic rings. The summed E-state index contributed by atoms with van der Waals surface area (Å²) in [6, 6.07) is 3.41. The third-order valence-electron chi connectivity index (χ3n) is 1.18. The van der Waals surface area contributed by atoms with Gasteiger partial charge in [0.2, 0.25) is 5.91 Å². The molecule has 0 unspecified atom stereocenters. The summed E-state index contributed by atoms with van der Waals surface area (Å²) in [5.74, 6) is -0.229. The highest BCUT2D eigenvalue weighted by Gasteiger charge is 1.96. The number of nitrogens with one attached hydrogen (secondary N) is 1. The smallest absolute Gasteiger partial charge is 0.247 e. The van der Waals surface area contributed by atoms with Crippen LogP contribution in [0.5, 0.6) is 0 Å². The summed E-state index contributed by atoms with van der Waals surface area (Å²) in [5.41, 5.74) is 0.696. The molecule has 0 aliphatic heterocycles. The van der Waals surface area contributed by atoms with Gasteiger partial charge in [-0.15, -0.1) is 0 Å². The topological polar surface area (TPSA) is 42.0 Å². The van der Waals surface area contributed by atoms with E-state index in [0.29, 0.717) is 10.3 Å². The van der Waals surface area contributed by atoms with E-state index in [1.54, 1.807) is 18.3 Å². The number of rotatable bonds is 2. The maximum absolute atomic E-state index is 10.8. The molecule has 0 bridgehead atoms. The number of carbonyl (C=O) groups excluding carboxylic acids is 1. The lowest BCUT2D eigenvalue weighted by molar-refractivity contribution is -0.111. The first-order valence-electron chi connectivity index (χ1n) is 3.27. The van der Waals surface area contributed by atoms with Crippen LogP contribution < -0.4 is 5.32 Å². The first-order chi connectivity index (χ1) is 5.72. The van der Waals surface area contributed by atoms with Crippen LogP contribution >= 0.6 is 15.9 Å². The van der Waals surface area contributed by atoms with Crippen LogP contribution in [-0.2, 0) is 4.79 Å². The molecular formula is C8H7BrN2O. The van der Waals surface area contributed by atoms with Gasteiger partial charge in [-0.3, -0.25) is 4.79 Å². The molecular weight excluding hydrogens is 220 g/mol. The highest BCUT2D eigenvalue weighted by molar-refractivity contribution is 9.10. The average Bonchev–Trinajstić information content (AvgIpc) is 2.04. The van der Waals surface area contributed by atoms with Crippen molar-refractivity contribution in [2.75, 3.05) is 5.32 Å². The zero-order valence-electron chi connectivity index (χ0n) is 6.25. The fraction of sp³-hybridized carbons (Fsp3) is 0. The lowest BCUT2D eigenvalue weighted by atomic mass is 10.4. The Kier molecular flexibility index (Phi) is 2.99. The van der Waals surface area contributed by atoms with Crippen LogP contribution in [-0.4, -0.2) is 10.9 Å². The van der Waals surface area contributed by atoms with Crippen LogP contribution in [0.2, 0.25) is 0 Å². The normalized spacial score (nSPS) is 9.08. The molecule has 1 heterocycles. The second-order valence-electron chi connectivity index (χ2n) is 2.06. The number of amides is 1. The Balaban J connectivity index is 2.76. The van der Waals surface area contributed by atoms with Crippen LogP contribution in [0.15, 0.2) is 35.6 Å². The summed E-state index contributed by atoms with van der Waals surface area (Å²) < 4.78 is 0.685. The van der Waals surface area contributed by atoms with Gasteiger partial charge in [-0.05, 0) is 34.1 Å². The van der Waals surface area contributed by atoms with Crippen LogP contribution in [0.3, 0.4) is 0 Å².